The first-order valence-electron chi connectivity index (χ1n) is 8.92. The molecule has 6 nitrogen and oxygen atoms in total. The molecule has 0 spiro atoms. The molecule has 0 saturated heterocycles. The molecule has 1 unspecified atom stereocenters. The molecule has 3 rings (SSSR count). The van der Waals surface area contributed by atoms with E-state index in [2.05, 4.69) is 20.5 Å². The van der Waals surface area contributed by atoms with Gasteiger partial charge in [-0.2, -0.15) is 0 Å². The van der Waals surface area contributed by atoms with Crippen molar-refractivity contribution in [2.75, 3.05) is 0 Å². The molecule has 1 heterocycles. The van der Waals surface area contributed by atoms with Crippen molar-refractivity contribution in [1.82, 2.24) is 20.5 Å². The molecule has 1 aromatic carbocycles. The van der Waals surface area contributed by atoms with Crippen molar-refractivity contribution in [2.45, 2.75) is 52.0 Å². The second-order valence-electron chi connectivity index (χ2n) is 6.70. The quantitative estimate of drug-likeness (QED) is 0.876. The highest BCUT2D eigenvalue weighted by molar-refractivity contribution is 5.79. The largest absolute Gasteiger partial charge is 0.347 e. The minimum Gasteiger partial charge on any atom is -0.347 e. The van der Waals surface area contributed by atoms with Gasteiger partial charge in [0.1, 0.15) is 0 Å². The van der Waals surface area contributed by atoms with Crippen LogP contribution in [-0.2, 0) is 4.79 Å². The minimum atomic E-state index is -0.406. The van der Waals surface area contributed by atoms with Crippen LogP contribution in [0.25, 0.3) is 11.4 Å². The predicted octanol–water partition coefficient (Wildman–Crippen LogP) is 2.90. The maximum Gasteiger partial charge on any atom is 0.275 e. The first-order valence-corrected chi connectivity index (χ1v) is 8.92. The highest BCUT2D eigenvalue weighted by Crippen LogP contribution is 2.25. The number of aryl methyl sites for hydroxylation is 1. The van der Waals surface area contributed by atoms with Crippen LogP contribution in [0.5, 0.6) is 0 Å². The van der Waals surface area contributed by atoms with E-state index in [1.165, 1.54) is 0 Å². The first kappa shape index (κ1) is 17.3. The van der Waals surface area contributed by atoms with E-state index in [9.17, 15) is 9.59 Å². The Balaban J connectivity index is 1.79. The lowest BCUT2D eigenvalue weighted by molar-refractivity contribution is -0.125. The molecule has 2 N–H and O–H groups in total. The van der Waals surface area contributed by atoms with Crippen LogP contribution in [0.3, 0.4) is 0 Å². The average molecular weight is 340 g/mol. The summed E-state index contributed by atoms with van der Waals surface area (Å²) >= 11 is 0. The monoisotopic (exact) mass is 340 g/mol. The van der Waals surface area contributed by atoms with E-state index in [0.717, 1.165) is 36.8 Å². The third kappa shape index (κ3) is 3.95. The molecule has 6 heteroatoms. The lowest BCUT2D eigenvalue weighted by atomic mass is 10.1. The number of carbonyl (C=O) groups is 1. The summed E-state index contributed by atoms with van der Waals surface area (Å²) in [6.45, 7) is 3.93. The topological polar surface area (TPSA) is 87.7 Å². The molecule has 1 aliphatic carbocycles. The van der Waals surface area contributed by atoms with Gasteiger partial charge in [-0.3, -0.25) is 9.59 Å². The number of aromatic nitrogens is 3. The third-order valence-electron chi connectivity index (χ3n) is 4.83. The minimum absolute atomic E-state index is 0.0214. The molecule has 132 valence electrons. The van der Waals surface area contributed by atoms with Crippen LogP contribution in [0.4, 0.5) is 0 Å². The summed E-state index contributed by atoms with van der Waals surface area (Å²) in [5.41, 5.74) is 1.91. The maximum atomic E-state index is 12.5. The van der Waals surface area contributed by atoms with Gasteiger partial charge in [-0.15, -0.1) is 10.2 Å². The summed E-state index contributed by atoms with van der Waals surface area (Å²) in [5.74, 6) is 0.520. The fourth-order valence-corrected chi connectivity index (χ4v) is 3.26. The third-order valence-corrected chi connectivity index (χ3v) is 4.83. The molecule has 25 heavy (non-hydrogen) atoms. The van der Waals surface area contributed by atoms with Crippen molar-refractivity contribution in [3.05, 3.63) is 45.9 Å². The predicted molar refractivity (Wildman–Crippen MR) is 96.0 cm³/mol. The Bertz CT molecular complexity index is 792. The summed E-state index contributed by atoms with van der Waals surface area (Å²) < 4.78 is 0. The number of benzene rings is 1. The molecule has 1 fully saturated rings. The number of aromatic amines is 1. The van der Waals surface area contributed by atoms with Gasteiger partial charge in [0.15, 0.2) is 11.5 Å². The Morgan fingerprint density at radius 3 is 2.52 bits per heavy atom. The van der Waals surface area contributed by atoms with Gasteiger partial charge in [0, 0.05) is 11.5 Å². The summed E-state index contributed by atoms with van der Waals surface area (Å²) in [7, 11) is 0. The van der Waals surface area contributed by atoms with Crippen LogP contribution in [0, 0.1) is 12.8 Å². The number of hydrogen-bond acceptors (Lipinski definition) is 4. The van der Waals surface area contributed by atoms with E-state index >= 15 is 0 Å². The van der Waals surface area contributed by atoms with Crippen LogP contribution < -0.4 is 10.9 Å². The number of carbonyl (C=O) groups excluding carboxylic acids is 1. The molecule has 1 amide bonds. The number of H-pyrrole nitrogens is 1. The van der Waals surface area contributed by atoms with Gasteiger partial charge in [0.25, 0.3) is 5.56 Å². The van der Waals surface area contributed by atoms with E-state index in [4.69, 9.17) is 0 Å². The summed E-state index contributed by atoms with van der Waals surface area (Å²) in [4.78, 5) is 27.6. The lowest BCUT2D eigenvalue weighted by Crippen LogP contribution is -2.36. The van der Waals surface area contributed by atoms with Crippen molar-refractivity contribution in [3.8, 4) is 11.4 Å². The van der Waals surface area contributed by atoms with Gasteiger partial charge in [-0.1, -0.05) is 49.6 Å². The molecule has 1 aromatic heterocycles. The molecule has 0 radical (unpaired) electrons. The molecule has 1 atom stereocenters. The van der Waals surface area contributed by atoms with Crippen molar-refractivity contribution < 1.29 is 4.79 Å². The molecule has 0 bridgehead atoms. The summed E-state index contributed by atoms with van der Waals surface area (Å²) in [6, 6.07) is 7.30. The Labute approximate surface area is 147 Å². The zero-order chi connectivity index (χ0) is 17.8. The van der Waals surface area contributed by atoms with Gasteiger partial charge < -0.3 is 10.3 Å². The standard InChI is InChI=1S/C19H24N4O2/c1-3-15(20-18(24)14-6-4-5-7-14)16-19(25)21-17(23-22-16)13-10-8-12(2)9-11-13/h8-11,14-15H,3-7H2,1-2H3,(H,20,24)(H,21,23,25). The van der Waals surface area contributed by atoms with Crippen molar-refractivity contribution in [3.63, 3.8) is 0 Å². The normalized spacial score (nSPS) is 15.9. The average Bonchev–Trinajstić information content (AvgIpc) is 3.15. The van der Waals surface area contributed by atoms with Crippen molar-refractivity contribution >= 4 is 5.91 Å². The van der Waals surface area contributed by atoms with Gasteiger partial charge in [0.05, 0.1) is 6.04 Å². The van der Waals surface area contributed by atoms with Crippen LogP contribution in [0.1, 0.15) is 56.3 Å². The van der Waals surface area contributed by atoms with E-state index in [-0.39, 0.29) is 23.1 Å². The van der Waals surface area contributed by atoms with Crippen LogP contribution >= 0.6 is 0 Å². The van der Waals surface area contributed by atoms with E-state index < -0.39 is 6.04 Å². The van der Waals surface area contributed by atoms with Crippen LogP contribution in [0.2, 0.25) is 0 Å². The van der Waals surface area contributed by atoms with E-state index in [1.54, 1.807) is 0 Å². The zero-order valence-electron chi connectivity index (χ0n) is 14.7. The fraction of sp³-hybridized carbons (Fsp3) is 0.474. The molecule has 0 aliphatic heterocycles. The van der Waals surface area contributed by atoms with Gasteiger partial charge in [0.2, 0.25) is 5.91 Å². The molecular formula is C19H24N4O2. The number of hydrogen-bond donors (Lipinski definition) is 2. The highest BCUT2D eigenvalue weighted by atomic mass is 16.2. The second kappa shape index (κ2) is 7.59. The highest BCUT2D eigenvalue weighted by Gasteiger charge is 2.26. The molecular weight excluding hydrogens is 316 g/mol. The molecule has 2 aromatic rings. The fourth-order valence-electron chi connectivity index (χ4n) is 3.26. The Morgan fingerprint density at radius 1 is 1.24 bits per heavy atom. The Kier molecular flexibility index (Phi) is 5.26. The number of amides is 1. The van der Waals surface area contributed by atoms with E-state index in [1.807, 2.05) is 38.1 Å². The lowest BCUT2D eigenvalue weighted by Gasteiger charge is -2.18. The number of nitrogens with zero attached hydrogens (tertiary/aromatic N) is 2. The molecule has 1 aliphatic rings. The maximum absolute atomic E-state index is 12.5. The van der Waals surface area contributed by atoms with Gasteiger partial charge in [-0.25, -0.2) is 0 Å². The second-order valence-corrected chi connectivity index (χ2v) is 6.70. The first-order chi connectivity index (χ1) is 12.1. The smallest absolute Gasteiger partial charge is 0.275 e. The number of nitrogens with one attached hydrogen (secondary N) is 2. The van der Waals surface area contributed by atoms with Crippen molar-refractivity contribution in [2.24, 2.45) is 5.92 Å². The summed E-state index contributed by atoms with van der Waals surface area (Å²) in [5, 5.41) is 11.2. The Morgan fingerprint density at radius 2 is 1.92 bits per heavy atom. The van der Waals surface area contributed by atoms with Gasteiger partial charge in [-0.05, 0) is 26.2 Å². The summed E-state index contributed by atoms with van der Waals surface area (Å²) in [6.07, 6.45) is 4.65. The number of rotatable bonds is 5. The van der Waals surface area contributed by atoms with Crippen LogP contribution in [-0.4, -0.2) is 21.1 Å². The Hall–Kier alpha value is -2.50. The van der Waals surface area contributed by atoms with Crippen LogP contribution in [0.15, 0.2) is 29.1 Å². The molecule has 1 saturated carbocycles. The zero-order valence-corrected chi connectivity index (χ0v) is 14.7. The van der Waals surface area contributed by atoms with E-state index in [0.29, 0.717) is 12.2 Å². The van der Waals surface area contributed by atoms with Crippen molar-refractivity contribution in [1.29, 1.82) is 0 Å². The van der Waals surface area contributed by atoms with Gasteiger partial charge >= 0.3 is 0 Å². The SMILES string of the molecule is CCC(NC(=O)C1CCCC1)c1nnc(-c2ccc(C)cc2)[nH]c1=O.